The standard InChI is InChI=1S/C69H124O6/c1-4-7-10-13-16-18-20-22-24-26-28-30-31-32-33-34-35-36-37-38-39-40-42-43-45-47-49-51-53-56-59-62-68(71)74-65-66(64-73-67(70)61-58-55-15-12-9-6-3)75-69(72)63-60-57-54-52-50-48-46-44-41-29-27-25-23-21-19-17-14-11-8-5-2/h7,10,16,18,22,24,28,30,32-33,66H,4-6,8-9,11-15,17,19-21,23,25-27,29,31,34-65H2,1-3H3/b10-7-,18-16-,24-22-,30-28-,33-32-. The highest BCUT2D eigenvalue weighted by molar-refractivity contribution is 5.71. The Labute approximate surface area is 466 Å². The Kier molecular flexibility index (Phi) is 61.2. The minimum absolute atomic E-state index is 0.0689. The Balaban J connectivity index is 4.00. The number of esters is 3. The predicted octanol–water partition coefficient (Wildman–Crippen LogP) is 22.3. The van der Waals surface area contributed by atoms with Gasteiger partial charge in [0.25, 0.3) is 0 Å². The molecule has 0 radical (unpaired) electrons. The lowest BCUT2D eigenvalue weighted by molar-refractivity contribution is -0.167. The molecular formula is C69H124O6. The van der Waals surface area contributed by atoms with Gasteiger partial charge in [0.1, 0.15) is 13.2 Å². The summed E-state index contributed by atoms with van der Waals surface area (Å²) >= 11 is 0. The number of ether oxygens (including phenoxy) is 3. The lowest BCUT2D eigenvalue weighted by atomic mass is 10.0. The van der Waals surface area contributed by atoms with E-state index >= 15 is 0 Å². The Morgan fingerprint density at radius 1 is 0.280 bits per heavy atom. The Morgan fingerprint density at radius 2 is 0.520 bits per heavy atom. The van der Waals surface area contributed by atoms with E-state index < -0.39 is 6.10 Å². The molecule has 1 atom stereocenters. The van der Waals surface area contributed by atoms with Crippen molar-refractivity contribution in [3.05, 3.63) is 60.8 Å². The number of carbonyl (C=O) groups excluding carboxylic acids is 3. The van der Waals surface area contributed by atoms with Gasteiger partial charge in [0, 0.05) is 19.3 Å². The van der Waals surface area contributed by atoms with Gasteiger partial charge in [-0.05, 0) is 64.2 Å². The highest BCUT2D eigenvalue weighted by Gasteiger charge is 2.19. The molecule has 0 N–H and O–H groups in total. The zero-order valence-corrected chi connectivity index (χ0v) is 50.1. The minimum Gasteiger partial charge on any atom is -0.462 e. The zero-order valence-electron chi connectivity index (χ0n) is 50.1. The monoisotopic (exact) mass is 1050 g/mol. The quantitative estimate of drug-likeness (QED) is 0.0261. The third-order valence-electron chi connectivity index (χ3n) is 14.5. The molecule has 0 aliphatic rings. The van der Waals surface area contributed by atoms with Gasteiger partial charge in [-0.25, -0.2) is 0 Å². The fourth-order valence-corrected chi connectivity index (χ4v) is 9.65. The van der Waals surface area contributed by atoms with Gasteiger partial charge in [-0.1, -0.05) is 319 Å². The average Bonchev–Trinajstić information content (AvgIpc) is 3.41. The third kappa shape index (κ3) is 61.8. The van der Waals surface area contributed by atoms with Crippen LogP contribution in [0, 0.1) is 0 Å². The molecule has 0 saturated heterocycles. The van der Waals surface area contributed by atoms with Gasteiger partial charge in [0.15, 0.2) is 6.10 Å². The van der Waals surface area contributed by atoms with E-state index in [9.17, 15) is 14.4 Å². The molecule has 0 bridgehead atoms. The summed E-state index contributed by atoms with van der Waals surface area (Å²) in [4.78, 5) is 38.0. The van der Waals surface area contributed by atoms with Crippen LogP contribution in [-0.2, 0) is 28.6 Å². The molecule has 1 unspecified atom stereocenters. The van der Waals surface area contributed by atoms with E-state index in [1.54, 1.807) is 0 Å². The predicted molar refractivity (Wildman–Crippen MR) is 325 cm³/mol. The molecule has 0 aliphatic carbocycles. The van der Waals surface area contributed by atoms with Crippen LogP contribution in [0.5, 0.6) is 0 Å². The van der Waals surface area contributed by atoms with Gasteiger partial charge in [0.05, 0.1) is 0 Å². The molecule has 6 heteroatoms. The zero-order chi connectivity index (χ0) is 54.3. The smallest absolute Gasteiger partial charge is 0.306 e. The number of unbranched alkanes of at least 4 members (excludes halogenated alkanes) is 39. The number of carbonyl (C=O) groups is 3. The minimum atomic E-state index is -0.767. The summed E-state index contributed by atoms with van der Waals surface area (Å²) in [6.07, 6.45) is 81.3. The molecule has 0 heterocycles. The summed E-state index contributed by atoms with van der Waals surface area (Å²) in [7, 11) is 0. The molecule has 75 heavy (non-hydrogen) atoms. The maximum Gasteiger partial charge on any atom is 0.306 e. The van der Waals surface area contributed by atoms with Gasteiger partial charge >= 0.3 is 17.9 Å². The van der Waals surface area contributed by atoms with Crippen LogP contribution in [0.25, 0.3) is 0 Å². The summed E-state index contributed by atoms with van der Waals surface area (Å²) in [6, 6.07) is 0. The molecule has 0 aromatic carbocycles. The maximum atomic E-state index is 12.8. The van der Waals surface area contributed by atoms with E-state index in [4.69, 9.17) is 14.2 Å². The van der Waals surface area contributed by atoms with E-state index in [-0.39, 0.29) is 31.1 Å². The first-order chi connectivity index (χ1) is 37.0. The summed E-state index contributed by atoms with van der Waals surface area (Å²) in [6.45, 7) is 6.52. The molecular weight excluding hydrogens is 925 g/mol. The van der Waals surface area contributed by atoms with Gasteiger partial charge in [-0.3, -0.25) is 14.4 Å². The molecule has 0 spiro atoms. The van der Waals surface area contributed by atoms with Gasteiger partial charge in [0.2, 0.25) is 0 Å². The fraction of sp³-hybridized carbons (Fsp3) is 0.812. The van der Waals surface area contributed by atoms with Crippen molar-refractivity contribution >= 4 is 17.9 Å². The van der Waals surface area contributed by atoms with Gasteiger partial charge in [-0.15, -0.1) is 0 Å². The number of hydrogen-bond donors (Lipinski definition) is 0. The molecule has 0 aromatic rings. The van der Waals surface area contributed by atoms with E-state index in [2.05, 4.69) is 81.5 Å². The van der Waals surface area contributed by atoms with Crippen LogP contribution in [0.1, 0.15) is 342 Å². The first-order valence-electron chi connectivity index (χ1n) is 32.8. The molecule has 0 rings (SSSR count). The summed E-state index contributed by atoms with van der Waals surface area (Å²) in [5.41, 5.74) is 0. The molecule has 436 valence electrons. The van der Waals surface area contributed by atoms with Crippen LogP contribution in [-0.4, -0.2) is 37.2 Å². The van der Waals surface area contributed by atoms with Crippen molar-refractivity contribution in [2.45, 2.75) is 348 Å². The van der Waals surface area contributed by atoms with Crippen molar-refractivity contribution in [2.24, 2.45) is 0 Å². The molecule has 0 fully saturated rings. The van der Waals surface area contributed by atoms with Crippen molar-refractivity contribution in [2.75, 3.05) is 13.2 Å². The number of allylic oxidation sites excluding steroid dienone is 10. The topological polar surface area (TPSA) is 78.9 Å². The van der Waals surface area contributed by atoms with E-state index in [0.717, 1.165) is 89.9 Å². The number of hydrogen-bond acceptors (Lipinski definition) is 6. The van der Waals surface area contributed by atoms with E-state index in [0.29, 0.717) is 19.3 Å². The molecule has 0 amide bonds. The van der Waals surface area contributed by atoms with Crippen LogP contribution >= 0.6 is 0 Å². The largest absolute Gasteiger partial charge is 0.462 e. The van der Waals surface area contributed by atoms with Crippen LogP contribution < -0.4 is 0 Å². The Morgan fingerprint density at radius 3 is 0.813 bits per heavy atom. The van der Waals surface area contributed by atoms with Gasteiger partial charge in [-0.2, -0.15) is 0 Å². The highest BCUT2D eigenvalue weighted by atomic mass is 16.6. The van der Waals surface area contributed by atoms with Crippen LogP contribution in [0.15, 0.2) is 60.8 Å². The summed E-state index contributed by atoms with van der Waals surface area (Å²) in [5.74, 6) is -0.859. The average molecular weight is 1050 g/mol. The van der Waals surface area contributed by atoms with Crippen molar-refractivity contribution in [3.8, 4) is 0 Å². The van der Waals surface area contributed by atoms with Crippen molar-refractivity contribution in [1.29, 1.82) is 0 Å². The fourth-order valence-electron chi connectivity index (χ4n) is 9.65. The molecule has 0 saturated carbocycles. The van der Waals surface area contributed by atoms with Crippen molar-refractivity contribution < 1.29 is 28.6 Å². The van der Waals surface area contributed by atoms with Crippen LogP contribution in [0.4, 0.5) is 0 Å². The van der Waals surface area contributed by atoms with Gasteiger partial charge < -0.3 is 14.2 Å². The van der Waals surface area contributed by atoms with Crippen molar-refractivity contribution in [1.82, 2.24) is 0 Å². The molecule has 0 aromatic heterocycles. The Hall–Kier alpha value is -2.89. The first kappa shape index (κ1) is 72.1. The van der Waals surface area contributed by atoms with Crippen LogP contribution in [0.3, 0.4) is 0 Å². The van der Waals surface area contributed by atoms with Crippen molar-refractivity contribution in [3.63, 3.8) is 0 Å². The first-order valence-corrected chi connectivity index (χ1v) is 32.8. The highest BCUT2D eigenvalue weighted by Crippen LogP contribution is 2.18. The summed E-state index contributed by atoms with van der Waals surface area (Å²) in [5, 5.41) is 0. The summed E-state index contributed by atoms with van der Waals surface area (Å²) < 4.78 is 16.8. The van der Waals surface area contributed by atoms with E-state index in [1.165, 1.54) is 212 Å². The van der Waals surface area contributed by atoms with E-state index in [1.807, 2.05) is 0 Å². The third-order valence-corrected chi connectivity index (χ3v) is 14.5. The second kappa shape index (κ2) is 63.6. The SMILES string of the molecule is CC/C=C\C/C=C\C/C=C\C/C=C\C/C=C\CCCCCCCCCCCCCCCCCC(=O)OCC(COC(=O)CCCCCCCC)OC(=O)CCCCCCCCCCCCCCCCCCCCCC. The molecule has 0 aliphatic heterocycles. The maximum absolute atomic E-state index is 12.8. The lowest BCUT2D eigenvalue weighted by Crippen LogP contribution is -2.30. The second-order valence-electron chi connectivity index (χ2n) is 22.0. The number of rotatable bonds is 60. The Bertz CT molecular complexity index is 1340. The molecule has 6 nitrogen and oxygen atoms in total. The second-order valence-corrected chi connectivity index (χ2v) is 22.0. The normalized spacial score (nSPS) is 12.4. The van der Waals surface area contributed by atoms with Crippen LogP contribution in [0.2, 0.25) is 0 Å². The lowest BCUT2D eigenvalue weighted by Gasteiger charge is -2.18.